The minimum absolute atomic E-state index is 0.0586. The fourth-order valence-electron chi connectivity index (χ4n) is 3.82. The van der Waals surface area contributed by atoms with Crippen molar-refractivity contribution in [2.45, 2.75) is 13.0 Å². The van der Waals surface area contributed by atoms with Crippen molar-refractivity contribution in [1.29, 1.82) is 0 Å². The van der Waals surface area contributed by atoms with Gasteiger partial charge in [0.25, 0.3) is 0 Å². The molecule has 0 radical (unpaired) electrons. The fourth-order valence-corrected chi connectivity index (χ4v) is 3.82. The molecule has 2 heterocycles. The van der Waals surface area contributed by atoms with Gasteiger partial charge in [-0.05, 0) is 29.8 Å². The molecule has 1 aliphatic heterocycles. The molecule has 6 nitrogen and oxygen atoms in total. The maximum absolute atomic E-state index is 11.3. The summed E-state index contributed by atoms with van der Waals surface area (Å²) in [6.45, 7) is 5.42. The van der Waals surface area contributed by atoms with Crippen molar-refractivity contribution in [1.82, 2.24) is 19.8 Å². The predicted molar refractivity (Wildman–Crippen MR) is 108 cm³/mol. The van der Waals surface area contributed by atoms with Crippen molar-refractivity contribution in [3.63, 3.8) is 0 Å². The number of benzene rings is 2. The number of fused-ring (bicyclic) bond motifs is 1. The minimum Gasteiger partial charge on any atom is -0.329 e. The van der Waals surface area contributed by atoms with Crippen molar-refractivity contribution >= 4 is 22.6 Å². The maximum atomic E-state index is 11.3. The number of anilines is 1. The summed E-state index contributed by atoms with van der Waals surface area (Å²) >= 11 is 0. The number of para-hydroxylation sites is 2. The Hall–Kier alpha value is -2.70. The van der Waals surface area contributed by atoms with Crippen LogP contribution in [0.5, 0.6) is 0 Å². The van der Waals surface area contributed by atoms with Crippen LogP contribution < -0.4 is 10.6 Å². The zero-order valence-corrected chi connectivity index (χ0v) is 15.8. The predicted octanol–water partition coefficient (Wildman–Crippen LogP) is 2.53. The second-order valence-electron chi connectivity index (χ2n) is 7.01. The number of piperazine rings is 1. The van der Waals surface area contributed by atoms with Gasteiger partial charge in [0.2, 0.25) is 5.91 Å². The summed E-state index contributed by atoms with van der Waals surface area (Å²) in [5.41, 5.74) is 4.16. The van der Waals surface area contributed by atoms with Crippen molar-refractivity contribution < 1.29 is 4.79 Å². The van der Waals surface area contributed by atoms with E-state index in [2.05, 4.69) is 57.5 Å². The summed E-state index contributed by atoms with van der Waals surface area (Å²) in [5, 5.41) is 6.27. The summed E-state index contributed by atoms with van der Waals surface area (Å²) in [7, 11) is 2.09. The standard InChI is InChI=1S/C21H25N5O/c1-15(27)23-17-9-7-16(8-10-17)20(26-13-11-22-12-14-26)21-24-18-5-3-4-6-19(18)25(21)2/h3-10,20,22H,11-14H2,1-2H3,(H,23,27). The molecular weight excluding hydrogens is 338 g/mol. The molecule has 1 amide bonds. The minimum atomic E-state index is -0.0586. The Morgan fingerprint density at radius 3 is 2.48 bits per heavy atom. The van der Waals surface area contributed by atoms with Gasteiger partial charge in [0.15, 0.2) is 0 Å². The lowest BCUT2D eigenvalue weighted by Gasteiger charge is -2.34. The van der Waals surface area contributed by atoms with Crippen LogP contribution in [0, 0.1) is 0 Å². The quantitative estimate of drug-likeness (QED) is 0.748. The van der Waals surface area contributed by atoms with Crippen LogP contribution >= 0.6 is 0 Å². The Morgan fingerprint density at radius 1 is 1.11 bits per heavy atom. The van der Waals surface area contributed by atoms with Crippen LogP contribution in [0.4, 0.5) is 5.69 Å². The van der Waals surface area contributed by atoms with E-state index in [-0.39, 0.29) is 11.9 Å². The molecule has 0 aliphatic carbocycles. The van der Waals surface area contributed by atoms with Gasteiger partial charge in [0, 0.05) is 45.8 Å². The molecule has 1 aliphatic rings. The van der Waals surface area contributed by atoms with E-state index < -0.39 is 0 Å². The molecule has 1 fully saturated rings. The van der Waals surface area contributed by atoms with E-state index in [1.54, 1.807) is 0 Å². The highest BCUT2D eigenvalue weighted by molar-refractivity contribution is 5.88. The number of hydrogen-bond donors (Lipinski definition) is 2. The highest BCUT2D eigenvalue weighted by Crippen LogP contribution is 2.31. The third kappa shape index (κ3) is 3.59. The van der Waals surface area contributed by atoms with Crippen LogP contribution in [0.25, 0.3) is 11.0 Å². The van der Waals surface area contributed by atoms with Gasteiger partial charge in [-0.15, -0.1) is 0 Å². The van der Waals surface area contributed by atoms with Crippen molar-refractivity contribution in [3.05, 3.63) is 59.9 Å². The van der Waals surface area contributed by atoms with Gasteiger partial charge < -0.3 is 15.2 Å². The van der Waals surface area contributed by atoms with Crippen LogP contribution in [0.2, 0.25) is 0 Å². The van der Waals surface area contributed by atoms with Gasteiger partial charge in [-0.2, -0.15) is 0 Å². The van der Waals surface area contributed by atoms with E-state index in [9.17, 15) is 4.79 Å². The summed E-state index contributed by atoms with van der Waals surface area (Å²) in [5.74, 6) is 0.988. The molecule has 0 bridgehead atoms. The smallest absolute Gasteiger partial charge is 0.221 e. The van der Waals surface area contributed by atoms with E-state index >= 15 is 0 Å². The second kappa shape index (κ2) is 7.50. The number of hydrogen-bond acceptors (Lipinski definition) is 4. The first-order valence-electron chi connectivity index (χ1n) is 9.37. The average Bonchev–Trinajstić information content (AvgIpc) is 3.01. The van der Waals surface area contributed by atoms with Gasteiger partial charge in [0.1, 0.15) is 5.82 Å². The van der Waals surface area contributed by atoms with Gasteiger partial charge in [-0.25, -0.2) is 4.98 Å². The number of nitrogens with one attached hydrogen (secondary N) is 2. The molecule has 2 aromatic carbocycles. The SMILES string of the molecule is CC(=O)Nc1ccc(C(c2nc3ccccc3n2C)N2CCNCC2)cc1. The van der Waals surface area contributed by atoms with E-state index in [0.29, 0.717) is 0 Å². The average molecular weight is 363 g/mol. The van der Waals surface area contributed by atoms with Crippen molar-refractivity contribution in [2.24, 2.45) is 7.05 Å². The summed E-state index contributed by atoms with van der Waals surface area (Å²) < 4.78 is 2.20. The molecule has 1 aromatic heterocycles. The molecule has 0 spiro atoms. The lowest BCUT2D eigenvalue weighted by molar-refractivity contribution is -0.114. The first kappa shape index (κ1) is 17.7. The Kier molecular flexibility index (Phi) is 4.92. The number of amides is 1. The van der Waals surface area contributed by atoms with E-state index in [0.717, 1.165) is 48.7 Å². The first-order valence-corrected chi connectivity index (χ1v) is 9.37. The van der Waals surface area contributed by atoms with E-state index in [1.165, 1.54) is 12.5 Å². The fraction of sp³-hybridized carbons (Fsp3) is 0.333. The van der Waals surface area contributed by atoms with Crippen LogP contribution in [0.3, 0.4) is 0 Å². The Bertz CT molecular complexity index is 941. The van der Waals surface area contributed by atoms with Gasteiger partial charge in [0.05, 0.1) is 17.1 Å². The molecule has 1 unspecified atom stereocenters. The van der Waals surface area contributed by atoms with Crippen molar-refractivity contribution in [2.75, 3.05) is 31.5 Å². The Balaban J connectivity index is 1.76. The number of imidazole rings is 1. The third-order valence-electron chi connectivity index (χ3n) is 5.13. The molecule has 1 atom stereocenters. The molecular formula is C21H25N5O. The normalized spacial score (nSPS) is 16.4. The number of nitrogens with zero attached hydrogens (tertiary/aromatic N) is 3. The highest BCUT2D eigenvalue weighted by atomic mass is 16.1. The van der Waals surface area contributed by atoms with Crippen molar-refractivity contribution in [3.8, 4) is 0 Å². The lowest BCUT2D eigenvalue weighted by atomic mass is 10.0. The summed E-state index contributed by atoms with van der Waals surface area (Å²) in [6.07, 6.45) is 0. The monoisotopic (exact) mass is 363 g/mol. The molecule has 140 valence electrons. The van der Waals surface area contributed by atoms with Gasteiger partial charge in [-0.1, -0.05) is 24.3 Å². The van der Waals surface area contributed by atoms with Gasteiger partial charge >= 0.3 is 0 Å². The summed E-state index contributed by atoms with van der Waals surface area (Å²) in [6, 6.07) is 16.5. The molecule has 27 heavy (non-hydrogen) atoms. The number of rotatable bonds is 4. The second-order valence-corrected chi connectivity index (χ2v) is 7.01. The Morgan fingerprint density at radius 2 is 1.81 bits per heavy atom. The zero-order valence-electron chi connectivity index (χ0n) is 15.8. The highest BCUT2D eigenvalue weighted by Gasteiger charge is 2.28. The maximum Gasteiger partial charge on any atom is 0.221 e. The molecule has 2 N–H and O–H groups in total. The van der Waals surface area contributed by atoms with E-state index in [4.69, 9.17) is 4.98 Å². The van der Waals surface area contributed by atoms with Crippen LogP contribution in [-0.4, -0.2) is 46.5 Å². The largest absolute Gasteiger partial charge is 0.329 e. The number of aromatic nitrogens is 2. The first-order chi connectivity index (χ1) is 13.1. The van der Waals surface area contributed by atoms with Crippen LogP contribution in [0.15, 0.2) is 48.5 Å². The zero-order chi connectivity index (χ0) is 18.8. The molecule has 6 heteroatoms. The van der Waals surface area contributed by atoms with Crippen LogP contribution in [0.1, 0.15) is 24.4 Å². The lowest BCUT2D eigenvalue weighted by Crippen LogP contribution is -2.46. The third-order valence-corrected chi connectivity index (χ3v) is 5.13. The van der Waals surface area contributed by atoms with E-state index in [1.807, 2.05) is 18.2 Å². The molecule has 0 saturated carbocycles. The summed E-state index contributed by atoms with van der Waals surface area (Å²) in [4.78, 5) is 18.7. The molecule has 4 rings (SSSR count). The van der Waals surface area contributed by atoms with Gasteiger partial charge in [-0.3, -0.25) is 9.69 Å². The number of aryl methyl sites for hydroxylation is 1. The molecule has 3 aromatic rings. The number of carbonyl (C=O) groups excluding carboxylic acids is 1. The number of carbonyl (C=O) groups is 1. The van der Waals surface area contributed by atoms with Crippen LogP contribution in [-0.2, 0) is 11.8 Å². The molecule has 1 saturated heterocycles. The Labute approximate surface area is 159 Å². The topological polar surface area (TPSA) is 62.2 Å².